The van der Waals surface area contributed by atoms with E-state index in [1.54, 1.807) is 0 Å². The third-order valence-corrected chi connectivity index (χ3v) is 6.07. The van der Waals surface area contributed by atoms with E-state index in [0.29, 0.717) is 6.10 Å². The molecule has 3 rings (SSSR count). The summed E-state index contributed by atoms with van der Waals surface area (Å²) in [7, 11) is 0. The van der Waals surface area contributed by atoms with Crippen molar-refractivity contribution in [2.45, 2.75) is 71.5 Å². The van der Waals surface area contributed by atoms with Gasteiger partial charge in [0.25, 0.3) is 0 Å². The molecule has 130 valence electrons. The fraction of sp³-hybridized carbons (Fsp3) is 0.565. The second-order valence-electron chi connectivity index (χ2n) is 8.11. The SMILES string of the molecule is CCC(C)C1CCC(OC(C)(C)c2ccc3ccccc3c2)CC1. The molecule has 1 aliphatic rings. The van der Waals surface area contributed by atoms with Gasteiger partial charge in [-0.15, -0.1) is 0 Å². The van der Waals surface area contributed by atoms with Crippen molar-refractivity contribution in [1.29, 1.82) is 0 Å². The molecule has 0 heterocycles. The van der Waals surface area contributed by atoms with Crippen LogP contribution in [0.5, 0.6) is 0 Å². The van der Waals surface area contributed by atoms with Crippen LogP contribution in [0, 0.1) is 11.8 Å². The molecule has 1 unspecified atom stereocenters. The van der Waals surface area contributed by atoms with E-state index >= 15 is 0 Å². The van der Waals surface area contributed by atoms with Crippen molar-refractivity contribution >= 4 is 10.8 Å². The zero-order valence-electron chi connectivity index (χ0n) is 15.7. The Morgan fingerprint density at radius 2 is 1.67 bits per heavy atom. The van der Waals surface area contributed by atoms with Crippen LogP contribution in [0.3, 0.4) is 0 Å². The first-order valence-electron chi connectivity index (χ1n) is 9.66. The minimum absolute atomic E-state index is 0.224. The molecular weight excluding hydrogens is 292 g/mol. The minimum Gasteiger partial charge on any atom is -0.368 e. The fourth-order valence-corrected chi connectivity index (χ4v) is 4.16. The predicted octanol–water partition coefficient (Wildman–Crippen LogP) is 6.70. The first-order chi connectivity index (χ1) is 11.5. The Morgan fingerprint density at radius 1 is 1.00 bits per heavy atom. The normalized spacial score (nSPS) is 23.3. The largest absolute Gasteiger partial charge is 0.368 e. The Bertz CT molecular complexity index is 665. The third kappa shape index (κ3) is 3.83. The number of ether oxygens (including phenoxy) is 1. The zero-order chi connectivity index (χ0) is 17.2. The van der Waals surface area contributed by atoms with E-state index in [0.717, 1.165) is 11.8 Å². The second kappa shape index (κ2) is 7.27. The number of rotatable bonds is 5. The van der Waals surface area contributed by atoms with Crippen molar-refractivity contribution in [3.63, 3.8) is 0 Å². The summed E-state index contributed by atoms with van der Waals surface area (Å²) in [5.74, 6) is 1.76. The van der Waals surface area contributed by atoms with E-state index < -0.39 is 0 Å². The van der Waals surface area contributed by atoms with Crippen molar-refractivity contribution in [2.24, 2.45) is 11.8 Å². The summed E-state index contributed by atoms with van der Waals surface area (Å²) in [6.45, 7) is 9.16. The molecule has 2 aromatic carbocycles. The Morgan fingerprint density at radius 3 is 2.33 bits per heavy atom. The van der Waals surface area contributed by atoms with Crippen LogP contribution in [0.4, 0.5) is 0 Å². The van der Waals surface area contributed by atoms with Crippen molar-refractivity contribution in [3.05, 3.63) is 48.0 Å². The van der Waals surface area contributed by atoms with E-state index in [1.807, 2.05) is 0 Å². The summed E-state index contributed by atoms with van der Waals surface area (Å²) in [5, 5.41) is 2.60. The van der Waals surface area contributed by atoms with Gasteiger partial charge in [0, 0.05) is 0 Å². The summed E-state index contributed by atoms with van der Waals surface area (Å²) in [5.41, 5.74) is 1.06. The van der Waals surface area contributed by atoms with Crippen LogP contribution < -0.4 is 0 Å². The van der Waals surface area contributed by atoms with Crippen molar-refractivity contribution < 1.29 is 4.74 Å². The van der Waals surface area contributed by atoms with Crippen LogP contribution >= 0.6 is 0 Å². The summed E-state index contributed by atoms with van der Waals surface area (Å²) < 4.78 is 6.58. The molecule has 1 saturated carbocycles. The molecule has 0 aliphatic heterocycles. The first-order valence-corrected chi connectivity index (χ1v) is 9.66. The fourth-order valence-electron chi connectivity index (χ4n) is 4.16. The van der Waals surface area contributed by atoms with Gasteiger partial charge in [0.1, 0.15) is 0 Å². The monoisotopic (exact) mass is 324 g/mol. The molecule has 0 bridgehead atoms. The van der Waals surface area contributed by atoms with Crippen LogP contribution in [-0.2, 0) is 10.3 Å². The van der Waals surface area contributed by atoms with E-state index in [2.05, 4.69) is 70.2 Å². The van der Waals surface area contributed by atoms with Gasteiger partial charge >= 0.3 is 0 Å². The summed E-state index contributed by atoms with van der Waals surface area (Å²) in [6.07, 6.45) is 6.80. The number of benzene rings is 2. The van der Waals surface area contributed by atoms with Gasteiger partial charge in [0.15, 0.2) is 0 Å². The zero-order valence-corrected chi connectivity index (χ0v) is 15.7. The highest BCUT2D eigenvalue weighted by Crippen LogP contribution is 2.37. The smallest absolute Gasteiger partial charge is 0.0879 e. The molecule has 1 heteroatoms. The van der Waals surface area contributed by atoms with Gasteiger partial charge in [-0.3, -0.25) is 0 Å². The van der Waals surface area contributed by atoms with E-state index in [1.165, 1.54) is 48.4 Å². The Hall–Kier alpha value is -1.34. The van der Waals surface area contributed by atoms with Crippen molar-refractivity contribution in [3.8, 4) is 0 Å². The predicted molar refractivity (Wildman–Crippen MR) is 103 cm³/mol. The quantitative estimate of drug-likeness (QED) is 0.595. The number of hydrogen-bond acceptors (Lipinski definition) is 1. The lowest BCUT2D eigenvalue weighted by Crippen LogP contribution is -2.32. The van der Waals surface area contributed by atoms with Gasteiger partial charge in [-0.1, -0.05) is 56.7 Å². The Kier molecular flexibility index (Phi) is 5.30. The second-order valence-corrected chi connectivity index (χ2v) is 8.11. The summed E-state index contributed by atoms with van der Waals surface area (Å²) in [6, 6.07) is 15.3. The molecule has 0 saturated heterocycles. The van der Waals surface area contributed by atoms with Gasteiger partial charge in [0.05, 0.1) is 11.7 Å². The van der Waals surface area contributed by atoms with Crippen LogP contribution in [0.2, 0.25) is 0 Å². The van der Waals surface area contributed by atoms with Gasteiger partial charge < -0.3 is 4.74 Å². The Labute approximate surface area is 147 Å². The molecule has 1 aliphatic carbocycles. The van der Waals surface area contributed by atoms with Gasteiger partial charge in [-0.05, 0) is 73.8 Å². The van der Waals surface area contributed by atoms with Crippen molar-refractivity contribution in [2.75, 3.05) is 0 Å². The highest BCUT2D eigenvalue weighted by molar-refractivity contribution is 5.83. The molecule has 1 fully saturated rings. The molecular formula is C23H32O. The Balaban J connectivity index is 1.67. The highest BCUT2D eigenvalue weighted by atomic mass is 16.5. The lowest BCUT2D eigenvalue weighted by atomic mass is 9.78. The third-order valence-electron chi connectivity index (χ3n) is 6.07. The number of fused-ring (bicyclic) bond motifs is 1. The molecule has 0 spiro atoms. The maximum Gasteiger partial charge on any atom is 0.0879 e. The molecule has 0 aromatic heterocycles. The van der Waals surface area contributed by atoms with Gasteiger partial charge in [-0.2, -0.15) is 0 Å². The minimum atomic E-state index is -0.224. The van der Waals surface area contributed by atoms with Crippen LogP contribution in [0.15, 0.2) is 42.5 Å². The van der Waals surface area contributed by atoms with Crippen LogP contribution in [-0.4, -0.2) is 6.10 Å². The molecule has 0 N–H and O–H groups in total. The van der Waals surface area contributed by atoms with Crippen molar-refractivity contribution in [1.82, 2.24) is 0 Å². The maximum atomic E-state index is 6.58. The average molecular weight is 325 g/mol. The summed E-state index contributed by atoms with van der Waals surface area (Å²) >= 11 is 0. The standard InChI is InChI=1S/C23H32O/c1-5-17(2)18-11-14-22(15-12-18)24-23(3,4)21-13-10-19-8-6-7-9-20(19)16-21/h6-10,13,16-18,22H,5,11-12,14-15H2,1-4H3. The summed E-state index contributed by atoms with van der Waals surface area (Å²) in [4.78, 5) is 0. The first kappa shape index (κ1) is 17.5. The lowest BCUT2D eigenvalue weighted by molar-refractivity contribution is -0.0954. The molecule has 0 radical (unpaired) electrons. The maximum absolute atomic E-state index is 6.58. The van der Waals surface area contributed by atoms with E-state index in [4.69, 9.17) is 4.74 Å². The molecule has 0 amide bonds. The highest BCUT2D eigenvalue weighted by Gasteiger charge is 2.30. The van der Waals surface area contributed by atoms with Crippen LogP contribution in [0.25, 0.3) is 10.8 Å². The lowest BCUT2D eigenvalue weighted by Gasteiger charge is -2.37. The van der Waals surface area contributed by atoms with E-state index in [-0.39, 0.29) is 5.60 Å². The molecule has 1 nitrogen and oxygen atoms in total. The van der Waals surface area contributed by atoms with Gasteiger partial charge in [-0.25, -0.2) is 0 Å². The molecule has 24 heavy (non-hydrogen) atoms. The van der Waals surface area contributed by atoms with Crippen LogP contribution in [0.1, 0.15) is 65.4 Å². The number of hydrogen-bond donors (Lipinski definition) is 0. The molecule has 2 aromatic rings. The average Bonchev–Trinajstić information content (AvgIpc) is 2.61. The van der Waals surface area contributed by atoms with E-state index in [9.17, 15) is 0 Å². The van der Waals surface area contributed by atoms with Gasteiger partial charge in [0.2, 0.25) is 0 Å². The molecule has 1 atom stereocenters. The topological polar surface area (TPSA) is 9.23 Å².